The molecule has 0 radical (unpaired) electrons. The maximum absolute atomic E-state index is 12.6. The van der Waals surface area contributed by atoms with E-state index in [1.54, 1.807) is 31.2 Å². The molecular formula is C19H27NO4. The van der Waals surface area contributed by atoms with Crippen molar-refractivity contribution in [2.45, 2.75) is 33.6 Å². The summed E-state index contributed by atoms with van der Waals surface area (Å²) in [6.45, 7) is 7.88. The van der Waals surface area contributed by atoms with Crippen molar-refractivity contribution in [3.8, 4) is 5.75 Å². The molecule has 5 nitrogen and oxygen atoms in total. The second kappa shape index (κ2) is 8.18. The summed E-state index contributed by atoms with van der Waals surface area (Å²) in [6, 6.07) is 6.71. The zero-order valence-electron chi connectivity index (χ0n) is 14.7. The highest BCUT2D eigenvalue weighted by atomic mass is 16.5. The van der Waals surface area contributed by atoms with Gasteiger partial charge in [0.25, 0.3) is 0 Å². The van der Waals surface area contributed by atoms with Gasteiger partial charge in [0.1, 0.15) is 5.75 Å². The summed E-state index contributed by atoms with van der Waals surface area (Å²) in [6.07, 6.45) is 0.600. The molecule has 2 rings (SSSR count). The van der Waals surface area contributed by atoms with Crippen LogP contribution in [0.4, 0.5) is 0 Å². The SMILES string of the molecule is CCOC(=O)C(CC(=O)N1C[C@@H](C)[C@@H](C)C1)Cc1ccc(O)cc1. The monoisotopic (exact) mass is 333 g/mol. The van der Waals surface area contributed by atoms with E-state index < -0.39 is 5.92 Å². The van der Waals surface area contributed by atoms with Crippen LogP contribution in [-0.2, 0) is 20.7 Å². The van der Waals surface area contributed by atoms with Crippen LogP contribution in [0.5, 0.6) is 5.75 Å². The van der Waals surface area contributed by atoms with Gasteiger partial charge in [-0.3, -0.25) is 9.59 Å². The van der Waals surface area contributed by atoms with Crippen molar-refractivity contribution in [1.82, 2.24) is 4.90 Å². The Balaban J connectivity index is 2.04. The summed E-state index contributed by atoms with van der Waals surface area (Å²) in [5.74, 6) is 0.359. The topological polar surface area (TPSA) is 66.8 Å². The van der Waals surface area contributed by atoms with Gasteiger partial charge in [0.2, 0.25) is 5.91 Å². The molecule has 1 amide bonds. The Morgan fingerprint density at radius 3 is 2.33 bits per heavy atom. The highest BCUT2D eigenvalue weighted by Crippen LogP contribution is 2.25. The molecule has 5 heteroatoms. The lowest BCUT2D eigenvalue weighted by Gasteiger charge is -2.20. The third-order valence-corrected chi connectivity index (χ3v) is 4.80. The standard InChI is InChI=1S/C19H27NO4/c1-4-24-19(23)16(9-15-5-7-17(21)8-6-15)10-18(22)20-11-13(2)14(3)12-20/h5-8,13-14,16,21H,4,9-12H2,1-3H3/t13-,14+,16?. The molecule has 1 aliphatic heterocycles. The first-order valence-corrected chi connectivity index (χ1v) is 8.63. The van der Waals surface area contributed by atoms with E-state index in [4.69, 9.17) is 4.74 Å². The Kier molecular flexibility index (Phi) is 6.23. The van der Waals surface area contributed by atoms with Crippen LogP contribution < -0.4 is 0 Å². The van der Waals surface area contributed by atoms with Gasteiger partial charge in [0.15, 0.2) is 0 Å². The normalized spacial score (nSPS) is 21.5. The number of likely N-dealkylation sites (tertiary alicyclic amines) is 1. The second-order valence-electron chi connectivity index (χ2n) is 6.78. The van der Waals surface area contributed by atoms with E-state index in [0.717, 1.165) is 18.7 Å². The number of esters is 1. The van der Waals surface area contributed by atoms with Crippen molar-refractivity contribution < 1.29 is 19.4 Å². The number of carbonyl (C=O) groups is 2. The molecule has 1 heterocycles. The minimum atomic E-state index is -0.492. The largest absolute Gasteiger partial charge is 0.508 e. The average molecular weight is 333 g/mol. The number of ether oxygens (including phenoxy) is 1. The maximum atomic E-state index is 12.6. The molecule has 1 unspecified atom stereocenters. The summed E-state index contributed by atoms with van der Waals surface area (Å²) in [7, 11) is 0. The molecule has 0 spiro atoms. The first-order chi connectivity index (χ1) is 11.4. The summed E-state index contributed by atoms with van der Waals surface area (Å²) in [5.41, 5.74) is 0.904. The number of hydrogen-bond donors (Lipinski definition) is 1. The quantitative estimate of drug-likeness (QED) is 0.813. The van der Waals surface area contributed by atoms with Crippen LogP contribution >= 0.6 is 0 Å². The zero-order chi connectivity index (χ0) is 17.7. The van der Waals surface area contributed by atoms with Gasteiger partial charge >= 0.3 is 5.97 Å². The smallest absolute Gasteiger partial charge is 0.309 e. The molecule has 1 aromatic carbocycles. The van der Waals surface area contributed by atoms with Crippen LogP contribution in [0.2, 0.25) is 0 Å². The number of nitrogens with zero attached hydrogens (tertiary/aromatic N) is 1. The number of aromatic hydroxyl groups is 1. The molecule has 1 fully saturated rings. The molecular weight excluding hydrogens is 306 g/mol. The fourth-order valence-electron chi connectivity index (χ4n) is 3.09. The van der Waals surface area contributed by atoms with E-state index in [1.165, 1.54) is 0 Å². The molecule has 0 bridgehead atoms. The van der Waals surface area contributed by atoms with Gasteiger partial charge in [-0.15, -0.1) is 0 Å². The molecule has 1 saturated heterocycles. The van der Waals surface area contributed by atoms with Crippen molar-refractivity contribution in [2.75, 3.05) is 19.7 Å². The number of carbonyl (C=O) groups excluding carboxylic acids is 2. The number of rotatable bonds is 6. The Morgan fingerprint density at radius 1 is 1.21 bits per heavy atom. The van der Waals surface area contributed by atoms with Crippen molar-refractivity contribution in [2.24, 2.45) is 17.8 Å². The van der Waals surface area contributed by atoms with E-state index in [1.807, 2.05) is 4.90 Å². The van der Waals surface area contributed by atoms with E-state index in [0.29, 0.717) is 24.9 Å². The highest BCUT2D eigenvalue weighted by Gasteiger charge is 2.32. The second-order valence-corrected chi connectivity index (χ2v) is 6.78. The van der Waals surface area contributed by atoms with Crippen molar-refractivity contribution >= 4 is 11.9 Å². The van der Waals surface area contributed by atoms with Crippen LogP contribution in [0.25, 0.3) is 0 Å². The molecule has 0 saturated carbocycles. The van der Waals surface area contributed by atoms with Gasteiger partial charge < -0.3 is 14.7 Å². The van der Waals surface area contributed by atoms with E-state index in [2.05, 4.69) is 13.8 Å². The predicted octanol–water partition coefficient (Wildman–Crippen LogP) is 2.62. The van der Waals surface area contributed by atoms with E-state index in [-0.39, 0.29) is 24.0 Å². The zero-order valence-corrected chi connectivity index (χ0v) is 14.7. The van der Waals surface area contributed by atoms with Gasteiger partial charge in [-0.1, -0.05) is 26.0 Å². The lowest BCUT2D eigenvalue weighted by atomic mass is 9.95. The van der Waals surface area contributed by atoms with Crippen molar-refractivity contribution in [1.29, 1.82) is 0 Å². The number of benzene rings is 1. The maximum Gasteiger partial charge on any atom is 0.309 e. The Bertz CT molecular complexity index is 559. The lowest BCUT2D eigenvalue weighted by molar-refractivity contribution is -0.151. The van der Waals surface area contributed by atoms with Crippen molar-refractivity contribution in [3.63, 3.8) is 0 Å². The third kappa shape index (κ3) is 4.73. The van der Waals surface area contributed by atoms with Gasteiger partial charge in [-0.25, -0.2) is 0 Å². The molecule has 1 aliphatic rings. The molecule has 24 heavy (non-hydrogen) atoms. The molecule has 1 aromatic rings. The van der Waals surface area contributed by atoms with Gasteiger partial charge in [-0.2, -0.15) is 0 Å². The molecule has 1 N–H and O–H groups in total. The lowest BCUT2D eigenvalue weighted by Crippen LogP contribution is -2.33. The molecule has 0 aromatic heterocycles. The average Bonchev–Trinajstić information content (AvgIpc) is 2.88. The predicted molar refractivity (Wildman–Crippen MR) is 91.5 cm³/mol. The number of phenolic OH excluding ortho intramolecular Hbond substituents is 1. The van der Waals surface area contributed by atoms with Gasteiger partial charge in [0, 0.05) is 19.5 Å². The fourth-order valence-corrected chi connectivity index (χ4v) is 3.09. The Hall–Kier alpha value is -2.04. The van der Waals surface area contributed by atoms with Crippen LogP contribution in [-0.4, -0.2) is 41.6 Å². The van der Waals surface area contributed by atoms with E-state index in [9.17, 15) is 14.7 Å². The number of hydrogen-bond acceptors (Lipinski definition) is 4. The Labute approximate surface area is 143 Å². The Morgan fingerprint density at radius 2 is 1.79 bits per heavy atom. The fraction of sp³-hybridized carbons (Fsp3) is 0.579. The van der Waals surface area contributed by atoms with Crippen LogP contribution in [0, 0.1) is 17.8 Å². The van der Waals surface area contributed by atoms with Gasteiger partial charge in [0.05, 0.1) is 12.5 Å². The first kappa shape index (κ1) is 18.3. The summed E-state index contributed by atoms with van der Waals surface area (Å²) >= 11 is 0. The number of phenols is 1. The minimum Gasteiger partial charge on any atom is -0.508 e. The van der Waals surface area contributed by atoms with Crippen LogP contribution in [0.3, 0.4) is 0 Å². The molecule has 132 valence electrons. The van der Waals surface area contributed by atoms with E-state index >= 15 is 0 Å². The summed E-state index contributed by atoms with van der Waals surface area (Å²) < 4.78 is 5.15. The molecule has 3 atom stereocenters. The summed E-state index contributed by atoms with van der Waals surface area (Å²) in [4.78, 5) is 26.7. The van der Waals surface area contributed by atoms with Crippen molar-refractivity contribution in [3.05, 3.63) is 29.8 Å². The first-order valence-electron chi connectivity index (χ1n) is 8.63. The highest BCUT2D eigenvalue weighted by molar-refractivity contribution is 5.83. The third-order valence-electron chi connectivity index (χ3n) is 4.80. The van der Waals surface area contributed by atoms with Crippen LogP contribution in [0.15, 0.2) is 24.3 Å². The number of amides is 1. The summed E-state index contributed by atoms with van der Waals surface area (Å²) in [5, 5.41) is 9.37. The van der Waals surface area contributed by atoms with Crippen LogP contribution in [0.1, 0.15) is 32.8 Å². The van der Waals surface area contributed by atoms with Gasteiger partial charge in [-0.05, 0) is 42.9 Å². The minimum absolute atomic E-state index is 0.0167. The molecule has 0 aliphatic carbocycles.